The molecule has 0 saturated carbocycles. The van der Waals surface area contributed by atoms with Crippen molar-refractivity contribution in [2.75, 3.05) is 14.2 Å². The first-order valence-corrected chi connectivity index (χ1v) is 5.66. The Morgan fingerprint density at radius 1 is 1.28 bits per heavy atom. The monoisotopic (exact) mass is 246 g/mol. The maximum Gasteiger partial charge on any atom is 0.330 e. The van der Waals surface area contributed by atoms with Crippen LogP contribution in [0.15, 0.2) is 29.8 Å². The number of ketones is 1. The Morgan fingerprint density at radius 3 is 2.72 bits per heavy atom. The first-order chi connectivity index (χ1) is 8.65. The van der Waals surface area contributed by atoms with Crippen molar-refractivity contribution in [3.05, 3.63) is 41.0 Å². The van der Waals surface area contributed by atoms with Gasteiger partial charge in [0.15, 0.2) is 5.78 Å². The molecule has 0 N–H and O–H groups in total. The van der Waals surface area contributed by atoms with Gasteiger partial charge in [-0.1, -0.05) is 0 Å². The summed E-state index contributed by atoms with van der Waals surface area (Å²) in [6.07, 6.45) is 2.55. The van der Waals surface area contributed by atoms with Gasteiger partial charge in [0.25, 0.3) is 0 Å². The van der Waals surface area contributed by atoms with E-state index in [1.54, 1.807) is 19.2 Å². The lowest BCUT2D eigenvalue weighted by atomic mass is 9.86. The Morgan fingerprint density at radius 2 is 2.06 bits per heavy atom. The first kappa shape index (κ1) is 12.4. The molecule has 0 bridgehead atoms. The summed E-state index contributed by atoms with van der Waals surface area (Å²) in [5.74, 6) is 0.140. The second kappa shape index (κ2) is 5.04. The van der Waals surface area contributed by atoms with Gasteiger partial charge in [-0.3, -0.25) is 4.79 Å². The minimum absolute atomic E-state index is 0.107. The largest absolute Gasteiger partial charge is 0.497 e. The van der Waals surface area contributed by atoms with E-state index in [1.807, 2.05) is 6.07 Å². The third-order valence-corrected chi connectivity index (χ3v) is 3.01. The Labute approximate surface area is 105 Å². The second-order valence-corrected chi connectivity index (χ2v) is 4.04. The number of hydrogen-bond donors (Lipinski definition) is 0. The first-order valence-electron chi connectivity index (χ1n) is 5.66. The molecule has 0 spiro atoms. The van der Waals surface area contributed by atoms with Crippen LogP contribution in [0.2, 0.25) is 0 Å². The third-order valence-electron chi connectivity index (χ3n) is 3.01. The second-order valence-electron chi connectivity index (χ2n) is 4.04. The van der Waals surface area contributed by atoms with Crippen LogP contribution in [0.5, 0.6) is 5.75 Å². The van der Waals surface area contributed by atoms with Crippen molar-refractivity contribution in [2.24, 2.45) is 0 Å². The number of allylic oxidation sites excluding steroid dienone is 1. The summed E-state index contributed by atoms with van der Waals surface area (Å²) in [7, 11) is 2.89. The molecule has 18 heavy (non-hydrogen) atoms. The van der Waals surface area contributed by atoms with E-state index >= 15 is 0 Å². The molecule has 0 aliphatic heterocycles. The van der Waals surface area contributed by atoms with Gasteiger partial charge in [-0.15, -0.1) is 0 Å². The SMILES string of the molecule is COC(=O)C=C1CCc2cc(OC)ccc2C1=O. The van der Waals surface area contributed by atoms with Crippen LogP contribution < -0.4 is 4.74 Å². The topological polar surface area (TPSA) is 52.6 Å². The Bertz CT molecular complexity index is 529. The fourth-order valence-corrected chi connectivity index (χ4v) is 2.02. The number of methoxy groups -OCH3 is 2. The number of carbonyl (C=O) groups excluding carboxylic acids is 2. The molecule has 0 atom stereocenters. The van der Waals surface area contributed by atoms with Crippen LogP contribution in [0.3, 0.4) is 0 Å². The lowest BCUT2D eigenvalue weighted by Gasteiger charge is -2.17. The van der Waals surface area contributed by atoms with Crippen LogP contribution in [0.4, 0.5) is 0 Å². The molecule has 0 aromatic heterocycles. The van der Waals surface area contributed by atoms with Crippen molar-refractivity contribution in [3.63, 3.8) is 0 Å². The van der Waals surface area contributed by atoms with Gasteiger partial charge in [0.2, 0.25) is 0 Å². The number of ether oxygens (including phenoxy) is 2. The zero-order valence-electron chi connectivity index (χ0n) is 10.4. The molecule has 0 radical (unpaired) electrons. The highest BCUT2D eigenvalue weighted by atomic mass is 16.5. The molecule has 94 valence electrons. The minimum atomic E-state index is -0.490. The van der Waals surface area contributed by atoms with Gasteiger partial charge >= 0.3 is 5.97 Å². The van der Waals surface area contributed by atoms with Gasteiger partial charge in [0.05, 0.1) is 14.2 Å². The lowest BCUT2D eigenvalue weighted by molar-refractivity contribution is -0.134. The van der Waals surface area contributed by atoms with Crippen LogP contribution in [0, 0.1) is 0 Å². The number of benzene rings is 1. The van der Waals surface area contributed by atoms with E-state index < -0.39 is 5.97 Å². The molecule has 1 aliphatic carbocycles. The van der Waals surface area contributed by atoms with Crippen LogP contribution in [0.1, 0.15) is 22.3 Å². The van der Waals surface area contributed by atoms with Crippen molar-refractivity contribution < 1.29 is 19.1 Å². The molecule has 0 fully saturated rings. The summed E-state index contributed by atoms with van der Waals surface area (Å²) in [6.45, 7) is 0. The quantitative estimate of drug-likeness (QED) is 0.591. The molecule has 4 nitrogen and oxygen atoms in total. The van der Waals surface area contributed by atoms with Gasteiger partial charge in [0, 0.05) is 17.2 Å². The summed E-state index contributed by atoms with van der Waals surface area (Å²) >= 11 is 0. The van der Waals surface area contributed by atoms with Crippen molar-refractivity contribution in [2.45, 2.75) is 12.8 Å². The van der Waals surface area contributed by atoms with Crippen molar-refractivity contribution >= 4 is 11.8 Å². The molecule has 1 aliphatic rings. The number of hydrogen-bond acceptors (Lipinski definition) is 4. The Kier molecular flexibility index (Phi) is 3.46. The average molecular weight is 246 g/mol. The summed E-state index contributed by atoms with van der Waals surface area (Å²) in [5.41, 5.74) is 2.10. The third kappa shape index (κ3) is 2.27. The number of esters is 1. The molecule has 0 amide bonds. The number of rotatable bonds is 2. The molecule has 0 unspecified atom stereocenters. The molecule has 4 heteroatoms. The fourth-order valence-electron chi connectivity index (χ4n) is 2.02. The summed E-state index contributed by atoms with van der Waals surface area (Å²) in [4.78, 5) is 23.3. The highest BCUT2D eigenvalue weighted by Crippen LogP contribution is 2.28. The summed E-state index contributed by atoms with van der Waals surface area (Å²) < 4.78 is 9.66. The van der Waals surface area contributed by atoms with Crippen molar-refractivity contribution in [1.82, 2.24) is 0 Å². The predicted octanol–water partition coefficient (Wildman–Crippen LogP) is 1.92. The van der Waals surface area contributed by atoms with E-state index in [4.69, 9.17) is 4.74 Å². The number of aryl methyl sites for hydroxylation is 1. The number of carbonyl (C=O) groups is 2. The molecule has 1 aromatic carbocycles. The zero-order valence-corrected chi connectivity index (χ0v) is 10.4. The maximum absolute atomic E-state index is 12.2. The molecular formula is C14H14O4. The average Bonchev–Trinajstić information content (AvgIpc) is 2.41. The minimum Gasteiger partial charge on any atom is -0.497 e. The fraction of sp³-hybridized carbons (Fsp3) is 0.286. The smallest absolute Gasteiger partial charge is 0.330 e. The summed E-state index contributed by atoms with van der Waals surface area (Å²) in [5, 5.41) is 0. The van der Waals surface area contributed by atoms with E-state index in [2.05, 4.69) is 4.74 Å². The highest BCUT2D eigenvalue weighted by molar-refractivity contribution is 6.13. The van der Waals surface area contributed by atoms with Crippen molar-refractivity contribution in [3.8, 4) is 5.75 Å². The van der Waals surface area contributed by atoms with E-state index in [-0.39, 0.29) is 5.78 Å². The van der Waals surface area contributed by atoms with E-state index in [9.17, 15) is 9.59 Å². The maximum atomic E-state index is 12.2. The summed E-state index contributed by atoms with van der Waals surface area (Å²) in [6, 6.07) is 5.35. The van der Waals surface area contributed by atoms with E-state index in [1.165, 1.54) is 13.2 Å². The van der Waals surface area contributed by atoms with Gasteiger partial charge in [-0.05, 0) is 36.6 Å². The van der Waals surface area contributed by atoms with Gasteiger partial charge in [0.1, 0.15) is 5.75 Å². The van der Waals surface area contributed by atoms with Gasteiger partial charge in [-0.25, -0.2) is 4.79 Å². The van der Waals surface area contributed by atoms with Crippen LogP contribution in [-0.2, 0) is 16.0 Å². The molecular weight excluding hydrogens is 232 g/mol. The van der Waals surface area contributed by atoms with Crippen molar-refractivity contribution in [1.29, 1.82) is 0 Å². The Balaban J connectivity index is 2.34. The normalized spacial score (nSPS) is 16.3. The van der Waals surface area contributed by atoms with Crippen LogP contribution in [-0.4, -0.2) is 26.0 Å². The highest BCUT2D eigenvalue weighted by Gasteiger charge is 2.23. The van der Waals surface area contributed by atoms with Gasteiger partial charge < -0.3 is 9.47 Å². The van der Waals surface area contributed by atoms with Gasteiger partial charge in [-0.2, -0.15) is 0 Å². The van der Waals surface area contributed by atoms with E-state index in [0.29, 0.717) is 17.6 Å². The molecule has 0 heterocycles. The number of Topliss-reactive ketones (excluding diaryl/α,β-unsaturated/α-hetero) is 1. The predicted molar refractivity (Wildman–Crippen MR) is 65.7 cm³/mol. The van der Waals surface area contributed by atoms with E-state index in [0.717, 1.165) is 17.7 Å². The molecule has 0 saturated heterocycles. The standard InChI is InChI=1S/C14H14O4/c1-17-11-5-6-12-9(7-11)3-4-10(14(12)16)8-13(15)18-2/h5-8H,3-4H2,1-2H3. The van der Waals surface area contributed by atoms with Crippen LogP contribution in [0.25, 0.3) is 0 Å². The number of fused-ring (bicyclic) bond motifs is 1. The lowest BCUT2D eigenvalue weighted by Crippen LogP contribution is -2.15. The Hall–Kier alpha value is -2.10. The molecule has 2 rings (SSSR count). The molecule has 1 aromatic rings. The van der Waals surface area contributed by atoms with Crippen LogP contribution >= 0.6 is 0 Å². The zero-order chi connectivity index (χ0) is 13.1.